The van der Waals surface area contributed by atoms with E-state index in [1.807, 2.05) is 0 Å². The van der Waals surface area contributed by atoms with E-state index in [9.17, 15) is 18.4 Å². The molecule has 3 heterocycles. The van der Waals surface area contributed by atoms with Gasteiger partial charge in [-0.15, -0.1) is 23.2 Å². The average molecular weight is 454 g/mol. The van der Waals surface area contributed by atoms with Crippen molar-refractivity contribution in [1.82, 2.24) is 15.1 Å². The molecule has 4 rings (SSSR count). The molecule has 3 saturated heterocycles. The Morgan fingerprint density at radius 2 is 1.86 bits per heavy atom. The van der Waals surface area contributed by atoms with Gasteiger partial charge in [-0.05, 0) is 31.6 Å². The van der Waals surface area contributed by atoms with Crippen molar-refractivity contribution in [2.24, 2.45) is 11.8 Å². The average Bonchev–Trinajstić information content (AvgIpc) is 2.62. The Morgan fingerprint density at radius 3 is 2.48 bits per heavy atom. The summed E-state index contributed by atoms with van der Waals surface area (Å²) < 4.78 is 34.0. The Morgan fingerprint density at radius 1 is 1.10 bits per heavy atom. The second kappa shape index (κ2) is 8.81. The van der Waals surface area contributed by atoms with Crippen LogP contribution in [0.4, 0.5) is 8.78 Å². The molecule has 0 aromatic rings. The molecule has 7 atom stereocenters. The molecule has 0 radical (unpaired) electrons. The molecule has 1 N–H and O–H groups in total. The molecule has 6 nitrogen and oxygen atoms in total. The fourth-order valence-corrected chi connectivity index (χ4v) is 5.35. The minimum atomic E-state index is -1.33. The maximum Gasteiger partial charge on any atom is 0.247 e. The summed E-state index contributed by atoms with van der Waals surface area (Å²) in [5.41, 5.74) is 0. The molecule has 1 aliphatic carbocycles. The van der Waals surface area contributed by atoms with Gasteiger partial charge in [-0.2, -0.15) is 0 Å². The molecule has 2 amide bonds. The highest BCUT2D eigenvalue weighted by molar-refractivity contribution is 6.21. The number of ether oxygens (including phenoxy) is 1. The first-order valence-electron chi connectivity index (χ1n) is 10.3. The smallest absolute Gasteiger partial charge is 0.247 e. The van der Waals surface area contributed by atoms with Crippen LogP contribution in [0.3, 0.4) is 0 Å². The third-order valence-corrected chi connectivity index (χ3v) is 7.40. The van der Waals surface area contributed by atoms with Gasteiger partial charge in [-0.1, -0.05) is 0 Å². The lowest BCUT2D eigenvalue weighted by Crippen LogP contribution is -2.70. The van der Waals surface area contributed by atoms with Gasteiger partial charge in [-0.25, -0.2) is 8.78 Å². The molecule has 29 heavy (non-hydrogen) atoms. The van der Waals surface area contributed by atoms with E-state index in [0.29, 0.717) is 32.7 Å². The van der Waals surface area contributed by atoms with E-state index < -0.39 is 29.9 Å². The molecule has 7 unspecified atom stereocenters. The fraction of sp³-hybridized carbons (Fsp3) is 0.895. The van der Waals surface area contributed by atoms with Crippen LogP contribution in [0, 0.1) is 11.8 Å². The van der Waals surface area contributed by atoms with Crippen molar-refractivity contribution in [2.45, 2.75) is 61.0 Å². The Bertz CT molecular complexity index is 642. The van der Waals surface area contributed by atoms with Crippen molar-refractivity contribution >= 4 is 35.0 Å². The molecule has 0 aromatic carbocycles. The summed E-state index contributed by atoms with van der Waals surface area (Å²) in [5.74, 6) is -0.659. The molecular formula is C19H27Cl2F2N3O3. The number of amides is 2. The van der Waals surface area contributed by atoms with Gasteiger partial charge < -0.3 is 14.5 Å². The van der Waals surface area contributed by atoms with Crippen LogP contribution in [0.1, 0.15) is 25.7 Å². The Hall–Kier alpha value is -0.700. The highest BCUT2D eigenvalue weighted by Crippen LogP contribution is 2.34. The van der Waals surface area contributed by atoms with Crippen LogP contribution >= 0.6 is 23.2 Å². The number of hydrogen-bond donors (Lipinski definition) is 1. The molecule has 0 bridgehead atoms. The summed E-state index contributed by atoms with van der Waals surface area (Å²) in [6.45, 7) is 1.29. The van der Waals surface area contributed by atoms with Gasteiger partial charge in [0.1, 0.15) is 31.1 Å². The van der Waals surface area contributed by atoms with Gasteiger partial charge >= 0.3 is 0 Å². The van der Waals surface area contributed by atoms with E-state index in [2.05, 4.69) is 5.32 Å². The summed E-state index contributed by atoms with van der Waals surface area (Å²) in [6.07, 6.45) is -1.59. The van der Waals surface area contributed by atoms with Gasteiger partial charge in [0.15, 0.2) is 0 Å². The fourth-order valence-electron chi connectivity index (χ4n) is 4.86. The van der Waals surface area contributed by atoms with Crippen molar-refractivity contribution in [3.05, 3.63) is 0 Å². The number of carbonyl (C=O) groups excluding carboxylic acids is 2. The summed E-state index contributed by atoms with van der Waals surface area (Å²) >= 11 is 12.0. The van der Waals surface area contributed by atoms with Crippen molar-refractivity contribution in [3.63, 3.8) is 0 Å². The number of carbonyl (C=O) groups is 2. The van der Waals surface area contributed by atoms with Crippen molar-refractivity contribution in [3.8, 4) is 0 Å². The standard InChI is InChI=1S/C19H27Cl2F2N3O3/c20-12-4-15(23)18(24-5-12)26-7-16(27)25(17(19(26)28)11-8-29-9-11)6-10-1-2-13(21)14(22)3-10/h10-15,17-18,24H,1-9H2. The van der Waals surface area contributed by atoms with Gasteiger partial charge in [0.25, 0.3) is 0 Å². The third kappa shape index (κ3) is 4.36. The summed E-state index contributed by atoms with van der Waals surface area (Å²) in [4.78, 5) is 29.3. The highest BCUT2D eigenvalue weighted by Gasteiger charge is 2.50. The number of piperidine rings is 1. The number of halogens is 4. The zero-order chi connectivity index (χ0) is 20.7. The predicted octanol–water partition coefficient (Wildman–Crippen LogP) is 1.68. The minimum Gasteiger partial charge on any atom is -0.380 e. The molecule has 164 valence electrons. The second-order valence-electron chi connectivity index (χ2n) is 8.67. The van der Waals surface area contributed by atoms with Gasteiger partial charge in [0, 0.05) is 24.4 Å². The lowest BCUT2D eigenvalue weighted by atomic mass is 9.85. The van der Waals surface area contributed by atoms with Crippen LogP contribution in [0.25, 0.3) is 0 Å². The van der Waals surface area contributed by atoms with E-state index in [-0.39, 0.29) is 48.4 Å². The third-order valence-electron chi connectivity index (χ3n) is 6.57. The molecule has 0 spiro atoms. The van der Waals surface area contributed by atoms with Gasteiger partial charge in [0.05, 0.1) is 18.6 Å². The topological polar surface area (TPSA) is 61.9 Å². The van der Waals surface area contributed by atoms with Crippen LogP contribution in [0.15, 0.2) is 0 Å². The zero-order valence-corrected chi connectivity index (χ0v) is 17.6. The largest absolute Gasteiger partial charge is 0.380 e. The number of hydrogen-bond acceptors (Lipinski definition) is 4. The highest BCUT2D eigenvalue weighted by atomic mass is 35.5. The number of rotatable bonds is 4. The molecule has 10 heteroatoms. The Kier molecular flexibility index (Phi) is 6.54. The first-order chi connectivity index (χ1) is 13.8. The van der Waals surface area contributed by atoms with Crippen molar-refractivity contribution < 1.29 is 23.1 Å². The maximum atomic E-state index is 14.6. The lowest BCUT2D eigenvalue weighted by Gasteiger charge is -2.50. The van der Waals surface area contributed by atoms with E-state index >= 15 is 0 Å². The molecule has 1 saturated carbocycles. The van der Waals surface area contributed by atoms with Crippen LogP contribution in [-0.2, 0) is 14.3 Å². The normalized spacial score (nSPS) is 42.1. The molecule has 4 aliphatic rings. The van der Waals surface area contributed by atoms with Crippen molar-refractivity contribution in [1.29, 1.82) is 0 Å². The molecule has 0 aromatic heterocycles. The number of nitrogens with zero attached hydrogens (tertiary/aromatic N) is 2. The van der Waals surface area contributed by atoms with Gasteiger partial charge in [0.2, 0.25) is 11.8 Å². The van der Waals surface area contributed by atoms with E-state index in [4.69, 9.17) is 27.9 Å². The summed E-state index contributed by atoms with van der Waals surface area (Å²) in [6, 6.07) is -0.695. The SMILES string of the molecule is O=C1C(C2COC2)N(CC2CCC(Cl)C(F)C2)C(=O)CN1C1NCC(Cl)CC1F. The summed E-state index contributed by atoms with van der Waals surface area (Å²) in [7, 11) is 0. The Balaban J connectivity index is 1.50. The zero-order valence-electron chi connectivity index (χ0n) is 16.1. The van der Waals surface area contributed by atoms with Crippen molar-refractivity contribution in [2.75, 3.05) is 32.8 Å². The number of nitrogens with one attached hydrogen (secondary N) is 1. The molecular weight excluding hydrogens is 427 g/mol. The summed E-state index contributed by atoms with van der Waals surface area (Å²) in [5, 5.41) is 2.15. The van der Waals surface area contributed by atoms with Crippen LogP contribution in [0.5, 0.6) is 0 Å². The second-order valence-corrected chi connectivity index (χ2v) is 9.85. The van der Waals surface area contributed by atoms with Crippen LogP contribution < -0.4 is 5.32 Å². The van der Waals surface area contributed by atoms with Crippen LogP contribution in [-0.4, -0.2) is 89.8 Å². The van der Waals surface area contributed by atoms with E-state index in [1.54, 1.807) is 4.90 Å². The quantitative estimate of drug-likeness (QED) is 0.657. The predicted molar refractivity (Wildman–Crippen MR) is 104 cm³/mol. The minimum absolute atomic E-state index is 0.0365. The van der Waals surface area contributed by atoms with E-state index in [1.165, 1.54) is 4.90 Å². The lowest BCUT2D eigenvalue weighted by molar-refractivity contribution is -0.173. The number of alkyl halides is 4. The van der Waals surface area contributed by atoms with Gasteiger partial charge in [-0.3, -0.25) is 14.9 Å². The molecule has 4 fully saturated rings. The number of piperazine rings is 1. The molecule has 3 aliphatic heterocycles. The first kappa shape index (κ1) is 21.5. The van der Waals surface area contributed by atoms with Crippen LogP contribution in [0.2, 0.25) is 0 Å². The maximum absolute atomic E-state index is 14.6. The Labute approximate surface area is 179 Å². The first-order valence-corrected chi connectivity index (χ1v) is 11.2. The monoisotopic (exact) mass is 453 g/mol. The van der Waals surface area contributed by atoms with E-state index in [0.717, 1.165) is 6.42 Å².